The van der Waals surface area contributed by atoms with Gasteiger partial charge in [-0.05, 0) is 18.2 Å². The monoisotopic (exact) mass is 288 g/mol. The molecule has 4 N–H and O–H groups in total. The summed E-state index contributed by atoms with van der Waals surface area (Å²) in [5, 5.41) is 22.2. The second-order valence-electron chi connectivity index (χ2n) is 3.52. The van der Waals surface area contributed by atoms with Crippen molar-refractivity contribution >= 4 is 29.3 Å². The van der Waals surface area contributed by atoms with Crippen LogP contribution in [0.25, 0.3) is 0 Å². The number of aliphatic hydroxyl groups excluding tert-OH is 1. The number of halogens is 1. The highest BCUT2D eigenvalue weighted by Crippen LogP contribution is 2.27. The van der Waals surface area contributed by atoms with Gasteiger partial charge in [-0.1, -0.05) is 11.6 Å². The van der Waals surface area contributed by atoms with Gasteiger partial charge in [-0.2, -0.15) is 0 Å². The van der Waals surface area contributed by atoms with Gasteiger partial charge in [0.1, 0.15) is 5.75 Å². The first-order chi connectivity index (χ1) is 8.97. The Balaban J connectivity index is 2.67. The fourth-order valence-electron chi connectivity index (χ4n) is 1.26. The number of amides is 2. The van der Waals surface area contributed by atoms with Crippen molar-refractivity contribution in [1.29, 1.82) is 0 Å². The van der Waals surface area contributed by atoms with Gasteiger partial charge in [0, 0.05) is 5.69 Å². The standard InChI is InChI=1S/C11H13ClN2O5/c1-19-9-3-2-6(4-7(9)12)13-11(18)14-8(5-15)10(16)17/h2-4,8,15H,5H2,1H3,(H,16,17)(H2,13,14,18)/t8-/m1/s1. The molecule has 2 amide bonds. The number of aliphatic carboxylic acids is 1. The normalized spacial score (nSPS) is 11.5. The Morgan fingerprint density at radius 3 is 2.63 bits per heavy atom. The molecule has 0 saturated heterocycles. The van der Waals surface area contributed by atoms with Gasteiger partial charge in [-0.15, -0.1) is 0 Å². The maximum Gasteiger partial charge on any atom is 0.328 e. The van der Waals surface area contributed by atoms with Gasteiger partial charge in [0.15, 0.2) is 6.04 Å². The Hall–Kier alpha value is -1.99. The molecule has 0 aliphatic heterocycles. The van der Waals surface area contributed by atoms with E-state index in [1.807, 2.05) is 0 Å². The van der Waals surface area contributed by atoms with E-state index in [-0.39, 0.29) is 0 Å². The van der Waals surface area contributed by atoms with E-state index in [2.05, 4.69) is 10.6 Å². The van der Waals surface area contributed by atoms with Gasteiger partial charge in [0.2, 0.25) is 0 Å². The minimum absolute atomic E-state index is 0.303. The van der Waals surface area contributed by atoms with E-state index in [0.717, 1.165) is 0 Å². The zero-order valence-electron chi connectivity index (χ0n) is 10.0. The molecule has 0 fully saturated rings. The number of aliphatic hydroxyl groups is 1. The number of ether oxygens (including phenoxy) is 1. The number of benzene rings is 1. The first-order valence-corrected chi connectivity index (χ1v) is 5.60. The van der Waals surface area contributed by atoms with Crippen LogP contribution < -0.4 is 15.4 Å². The first-order valence-electron chi connectivity index (χ1n) is 5.22. The third-order valence-electron chi connectivity index (χ3n) is 2.20. The molecule has 0 aromatic heterocycles. The van der Waals surface area contributed by atoms with E-state index in [0.29, 0.717) is 16.5 Å². The highest BCUT2D eigenvalue weighted by atomic mass is 35.5. The molecule has 8 heteroatoms. The predicted molar refractivity (Wildman–Crippen MR) is 68.7 cm³/mol. The molecule has 0 aliphatic carbocycles. The lowest BCUT2D eigenvalue weighted by atomic mass is 10.3. The van der Waals surface area contributed by atoms with E-state index in [1.54, 1.807) is 12.1 Å². The Bertz CT molecular complexity index is 480. The maximum atomic E-state index is 11.5. The zero-order valence-corrected chi connectivity index (χ0v) is 10.8. The van der Waals surface area contributed by atoms with Crippen LogP contribution in [0.3, 0.4) is 0 Å². The molecule has 0 bridgehead atoms. The Kier molecular flexibility index (Phi) is 5.40. The van der Waals surface area contributed by atoms with Crippen LogP contribution in [0, 0.1) is 0 Å². The van der Waals surface area contributed by atoms with E-state index in [4.69, 9.17) is 26.6 Å². The van der Waals surface area contributed by atoms with E-state index in [9.17, 15) is 9.59 Å². The summed E-state index contributed by atoms with van der Waals surface area (Å²) in [7, 11) is 1.46. The molecule has 1 aromatic rings. The molecule has 1 rings (SSSR count). The second-order valence-corrected chi connectivity index (χ2v) is 3.93. The van der Waals surface area contributed by atoms with Crippen molar-refractivity contribution in [1.82, 2.24) is 5.32 Å². The average Bonchev–Trinajstić information content (AvgIpc) is 2.35. The number of carboxylic acid groups (broad SMARTS) is 1. The number of urea groups is 1. The van der Waals surface area contributed by atoms with Crippen LogP contribution in [0.4, 0.5) is 10.5 Å². The van der Waals surface area contributed by atoms with Crippen LogP contribution in [0.5, 0.6) is 5.75 Å². The topological polar surface area (TPSA) is 108 Å². The van der Waals surface area contributed by atoms with Crippen LogP contribution in [-0.4, -0.2) is 42.0 Å². The molecule has 0 heterocycles. The number of carbonyl (C=O) groups excluding carboxylic acids is 1. The molecule has 0 aliphatic rings. The van der Waals surface area contributed by atoms with Gasteiger partial charge < -0.3 is 25.6 Å². The number of hydrogen-bond donors (Lipinski definition) is 4. The minimum Gasteiger partial charge on any atom is -0.495 e. The summed E-state index contributed by atoms with van der Waals surface area (Å²) in [5.74, 6) is -0.878. The fourth-order valence-corrected chi connectivity index (χ4v) is 1.51. The van der Waals surface area contributed by atoms with Crippen LogP contribution in [0.1, 0.15) is 0 Å². The van der Waals surface area contributed by atoms with Gasteiger partial charge >= 0.3 is 12.0 Å². The number of hydrogen-bond acceptors (Lipinski definition) is 4. The van der Waals surface area contributed by atoms with Crippen LogP contribution in [-0.2, 0) is 4.79 Å². The third kappa shape index (κ3) is 4.31. The van der Waals surface area contributed by atoms with Crippen molar-refractivity contribution in [3.8, 4) is 5.75 Å². The summed E-state index contributed by atoms with van der Waals surface area (Å²) in [6, 6.07) is 2.42. The highest BCUT2D eigenvalue weighted by molar-refractivity contribution is 6.32. The van der Waals surface area contributed by atoms with Crippen molar-refractivity contribution in [3.05, 3.63) is 23.2 Å². The SMILES string of the molecule is COc1ccc(NC(=O)N[C@H](CO)C(=O)O)cc1Cl. The lowest BCUT2D eigenvalue weighted by Gasteiger charge is -2.13. The van der Waals surface area contributed by atoms with Crippen LogP contribution in [0.2, 0.25) is 5.02 Å². The van der Waals surface area contributed by atoms with Gasteiger partial charge in [-0.25, -0.2) is 9.59 Å². The Labute approximate surface area is 114 Å². The molecule has 0 saturated carbocycles. The minimum atomic E-state index is -1.37. The number of rotatable bonds is 5. The van der Waals surface area contributed by atoms with Gasteiger partial charge in [-0.3, -0.25) is 0 Å². The number of nitrogens with one attached hydrogen (secondary N) is 2. The lowest BCUT2D eigenvalue weighted by Crippen LogP contribution is -2.45. The van der Waals surface area contributed by atoms with Crippen molar-refractivity contribution in [2.45, 2.75) is 6.04 Å². The second kappa shape index (κ2) is 6.81. The number of carbonyl (C=O) groups is 2. The summed E-state index contributed by atoms with van der Waals surface area (Å²) in [6.07, 6.45) is 0. The third-order valence-corrected chi connectivity index (χ3v) is 2.49. The molecule has 1 atom stereocenters. The Morgan fingerprint density at radius 2 is 2.16 bits per heavy atom. The molecule has 0 spiro atoms. The van der Waals surface area contributed by atoms with E-state index >= 15 is 0 Å². The Morgan fingerprint density at radius 1 is 1.47 bits per heavy atom. The molecule has 0 radical (unpaired) electrons. The summed E-state index contributed by atoms with van der Waals surface area (Å²) >= 11 is 5.87. The maximum absolute atomic E-state index is 11.5. The molecule has 19 heavy (non-hydrogen) atoms. The number of methoxy groups -OCH3 is 1. The van der Waals surface area contributed by atoms with E-state index < -0.39 is 24.6 Å². The van der Waals surface area contributed by atoms with Crippen LogP contribution >= 0.6 is 11.6 Å². The largest absolute Gasteiger partial charge is 0.495 e. The summed E-state index contributed by atoms with van der Waals surface area (Å²) in [4.78, 5) is 22.1. The predicted octanol–water partition coefficient (Wildman–Crippen LogP) is 0.916. The average molecular weight is 289 g/mol. The molecular formula is C11H13ClN2O5. The zero-order chi connectivity index (χ0) is 14.4. The van der Waals surface area contributed by atoms with Gasteiger partial charge in [0.05, 0.1) is 18.7 Å². The molecule has 104 valence electrons. The van der Waals surface area contributed by atoms with Crippen molar-refractivity contribution in [2.75, 3.05) is 19.0 Å². The number of carboxylic acids is 1. The van der Waals surface area contributed by atoms with Crippen LogP contribution in [0.15, 0.2) is 18.2 Å². The molecule has 0 unspecified atom stereocenters. The molecular weight excluding hydrogens is 276 g/mol. The molecule has 7 nitrogen and oxygen atoms in total. The quantitative estimate of drug-likeness (QED) is 0.644. The number of anilines is 1. The van der Waals surface area contributed by atoms with Gasteiger partial charge in [0.25, 0.3) is 0 Å². The van der Waals surface area contributed by atoms with Crippen molar-refractivity contribution in [3.63, 3.8) is 0 Å². The summed E-state index contributed by atoms with van der Waals surface area (Å²) in [5.41, 5.74) is 0.366. The highest BCUT2D eigenvalue weighted by Gasteiger charge is 2.18. The van der Waals surface area contributed by atoms with E-state index in [1.165, 1.54) is 13.2 Å². The summed E-state index contributed by atoms with van der Waals surface area (Å²) in [6.45, 7) is -0.702. The van der Waals surface area contributed by atoms with Crippen molar-refractivity contribution in [2.24, 2.45) is 0 Å². The first kappa shape index (κ1) is 15.1. The smallest absolute Gasteiger partial charge is 0.328 e. The summed E-state index contributed by atoms with van der Waals surface area (Å²) < 4.78 is 4.95. The fraction of sp³-hybridized carbons (Fsp3) is 0.273. The van der Waals surface area contributed by atoms with Crippen molar-refractivity contribution < 1.29 is 24.5 Å². The molecule has 1 aromatic carbocycles. The lowest BCUT2D eigenvalue weighted by molar-refractivity contribution is -0.140.